The van der Waals surface area contributed by atoms with Gasteiger partial charge in [-0.25, -0.2) is 8.42 Å². The molecule has 2 atom stereocenters. The molecule has 4 nitrogen and oxygen atoms in total. The van der Waals surface area contributed by atoms with Gasteiger partial charge < -0.3 is 4.90 Å². The molecule has 0 radical (unpaired) electrons. The zero-order valence-electron chi connectivity index (χ0n) is 13.2. The molecule has 2 aromatic carbocycles. The van der Waals surface area contributed by atoms with E-state index in [4.69, 9.17) is 0 Å². The standard InChI is InChI=1S/C19H19NO3S/c21-19(20-12-17-11-16(20)13-24(17,22)23)18(14-7-3-1-4-8-14)15-9-5-2-6-10-15/h1-10,16-18H,11-13H2. The van der Waals surface area contributed by atoms with Crippen LogP contribution in [0.1, 0.15) is 23.5 Å². The Bertz CT molecular complexity index is 809. The van der Waals surface area contributed by atoms with Gasteiger partial charge in [-0.2, -0.15) is 0 Å². The summed E-state index contributed by atoms with van der Waals surface area (Å²) in [6, 6.07) is 19.3. The quantitative estimate of drug-likeness (QED) is 0.860. The molecule has 4 rings (SSSR count). The number of carbonyl (C=O) groups excluding carboxylic acids is 1. The molecule has 0 N–H and O–H groups in total. The molecule has 2 aliphatic rings. The van der Waals surface area contributed by atoms with Crippen molar-refractivity contribution in [3.63, 3.8) is 0 Å². The van der Waals surface area contributed by atoms with Gasteiger partial charge in [0.05, 0.1) is 16.9 Å². The summed E-state index contributed by atoms with van der Waals surface area (Å²) in [5, 5.41) is -0.376. The maximum Gasteiger partial charge on any atom is 0.234 e. The first-order valence-corrected chi connectivity index (χ1v) is 9.90. The molecule has 2 fully saturated rings. The lowest BCUT2D eigenvalue weighted by Crippen LogP contribution is -2.46. The van der Waals surface area contributed by atoms with E-state index in [0.29, 0.717) is 13.0 Å². The van der Waals surface area contributed by atoms with Gasteiger partial charge in [0.15, 0.2) is 9.84 Å². The van der Waals surface area contributed by atoms with Gasteiger partial charge in [0, 0.05) is 12.6 Å². The number of rotatable bonds is 3. The molecule has 1 amide bonds. The highest BCUT2D eigenvalue weighted by molar-refractivity contribution is 7.92. The average molecular weight is 341 g/mol. The fourth-order valence-corrected chi connectivity index (χ4v) is 5.93. The van der Waals surface area contributed by atoms with Gasteiger partial charge in [-0.1, -0.05) is 60.7 Å². The zero-order chi connectivity index (χ0) is 16.7. The van der Waals surface area contributed by atoms with Gasteiger partial charge >= 0.3 is 0 Å². The molecule has 2 heterocycles. The Morgan fingerprint density at radius 3 is 1.92 bits per heavy atom. The lowest BCUT2D eigenvalue weighted by molar-refractivity contribution is -0.132. The van der Waals surface area contributed by atoms with E-state index in [0.717, 1.165) is 11.1 Å². The summed E-state index contributed by atoms with van der Waals surface area (Å²) in [6.45, 7) is 0.335. The van der Waals surface area contributed by atoms with Gasteiger partial charge in [-0.15, -0.1) is 0 Å². The molecule has 124 valence electrons. The summed E-state index contributed by atoms with van der Waals surface area (Å²) >= 11 is 0. The van der Waals surface area contributed by atoms with Crippen LogP contribution < -0.4 is 0 Å². The van der Waals surface area contributed by atoms with E-state index in [1.165, 1.54) is 0 Å². The van der Waals surface area contributed by atoms with E-state index in [1.54, 1.807) is 4.90 Å². The fraction of sp³-hybridized carbons (Fsp3) is 0.316. The van der Waals surface area contributed by atoms with Gasteiger partial charge in [-0.3, -0.25) is 4.79 Å². The van der Waals surface area contributed by atoms with Crippen LogP contribution in [-0.4, -0.2) is 42.8 Å². The maximum atomic E-state index is 13.3. The third-order valence-corrected chi connectivity index (χ3v) is 7.31. The first-order valence-electron chi connectivity index (χ1n) is 8.18. The SMILES string of the molecule is O=C(C(c1ccccc1)c1ccccc1)N1CC2CC1CS2(=O)=O. The molecule has 5 heteroatoms. The Morgan fingerprint density at radius 2 is 1.50 bits per heavy atom. The minimum absolute atomic E-state index is 0.00907. The second kappa shape index (κ2) is 5.74. The number of benzene rings is 2. The fourth-order valence-electron chi connectivity index (χ4n) is 3.90. The number of hydrogen-bond donors (Lipinski definition) is 0. The van der Waals surface area contributed by atoms with Crippen molar-refractivity contribution in [3.8, 4) is 0 Å². The Kier molecular flexibility index (Phi) is 3.68. The lowest BCUT2D eigenvalue weighted by atomic mass is 9.90. The molecule has 2 saturated heterocycles. The van der Waals surface area contributed by atoms with Gasteiger partial charge in [0.25, 0.3) is 0 Å². The number of amides is 1. The molecule has 0 spiro atoms. The second-order valence-corrected chi connectivity index (χ2v) is 8.91. The number of sulfone groups is 1. The van der Waals surface area contributed by atoms with Crippen molar-refractivity contribution < 1.29 is 13.2 Å². The smallest absolute Gasteiger partial charge is 0.234 e. The van der Waals surface area contributed by atoms with Crippen molar-refractivity contribution in [2.45, 2.75) is 23.6 Å². The van der Waals surface area contributed by atoms with Crippen molar-refractivity contribution >= 4 is 15.7 Å². The third kappa shape index (κ3) is 2.53. The Morgan fingerprint density at radius 1 is 0.958 bits per heavy atom. The van der Waals surface area contributed by atoms with E-state index in [2.05, 4.69) is 0 Å². The number of nitrogens with zero attached hydrogens (tertiary/aromatic N) is 1. The van der Waals surface area contributed by atoms with E-state index in [-0.39, 0.29) is 28.9 Å². The number of fused-ring (bicyclic) bond motifs is 2. The Labute approximate surface area is 142 Å². The molecular weight excluding hydrogens is 322 g/mol. The molecule has 2 unspecified atom stereocenters. The van der Waals surface area contributed by atoms with Crippen LogP contribution in [0.2, 0.25) is 0 Å². The second-order valence-electron chi connectivity index (χ2n) is 6.59. The van der Waals surface area contributed by atoms with Crippen LogP contribution in [0, 0.1) is 0 Å². The predicted molar refractivity (Wildman–Crippen MR) is 92.4 cm³/mol. The molecule has 2 aromatic rings. The zero-order valence-corrected chi connectivity index (χ0v) is 14.0. The van der Waals surface area contributed by atoms with Crippen LogP contribution in [0.5, 0.6) is 0 Å². The predicted octanol–water partition coefficient (Wildman–Crippen LogP) is 2.22. The minimum atomic E-state index is -3.00. The number of likely N-dealkylation sites (tertiary alicyclic amines) is 1. The van der Waals surface area contributed by atoms with Gasteiger partial charge in [0.2, 0.25) is 5.91 Å². The van der Waals surface area contributed by atoms with E-state index < -0.39 is 9.84 Å². The molecule has 24 heavy (non-hydrogen) atoms. The minimum Gasteiger partial charge on any atom is -0.337 e. The first-order chi connectivity index (χ1) is 11.6. The van der Waals surface area contributed by atoms with Crippen LogP contribution in [0.15, 0.2) is 60.7 Å². The summed E-state index contributed by atoms with van der Waals surface area (Å²) in [4.78, 5) is 15.1. The van der Waals surface area contributed by atoms with Crippen LogP contribution >= 0.6 is 0 Å². The summed E-state index contributed by atoms with van der Waals surface area (Å²) in [6.07, 6.45) is 0.588. The van der Waals surface area contributed by atoms with E-state index >= 15 is 0 Å². The van der Waals surface area contributed by atoms with Crippen LogP contribution in [0.4, 0.5) is 0 Å². The maximum absolute atomic E-state index is 13.3. The Balaban J connectivity index is 1.69. The summed E-state index contributed by atoms with van der Waals surface area (Å²) in [5.74, 6) is -0.260. The topological polar surface area (TPSA) is 54.5 Å². The molecule has 0 aromatic heterocycles. The third-order valence-electron chi connectivity index (χ3n) is 5.10. The molecule has 2 aliphatic heterocycles. The van der Waals surface area contributed by atoms with Crippen LogP contribution in [0.3, 0.4) is 0 Å². The highest BCUT2D eigenvalue weighted by Gasteiger charge is 2.51. The van der Waals surface area contributed by atoms with E-state index in [9.17, 15) is 13.2 Å². The van der Waals surface area contributed by atoms with Crippen molar-refractivity contribution in [3.05, 3.63) is 71.8 Å². The summed E-state index contributed by atoms with van der Waals surface area (Å²) in [5.41, 5.74) is 1.89. The highest BCUT2D eigenvalue weighted by Crippen LogP contribution is 2.36. The number of carbonyl (C=O) groups is 1. The van der Waals surface area contributed by atoms with Crippen molar-refractivity contribution in [2.24, 2.45) is 0 Å². The molecule has 0 aliphatic carbocycles. The molecular formula is C19H19NO3S. The summed E-state index contributed by atoms with van der Waals surface area (Å²) < 4.78 is 23.9. The lowest BCUT2D eigenvalue weighted by Gasteiger charge is -2.31. The Hall–Kier alpha value is -2.14. The van der Waals surface area contributed by atoms with Crippen molar-refractivity contribution in [1.82, 2.24) is 4.90 Å². The van der Waals surface area contributed by atoms with Gasteiger partial charge in [-0.05, 0) is 17.5 Å². The monoisotopic (exact) mass is 341 g/mol. The van der Waals surface area contributed by atoms with Gasteiger partial charge in [0.1, 0.15) is 0 Å². The van der Waals surface area contributed by atoms with Crippen LogP contribution in [-0.2, 0) is 14.6 Å². The highest BCUT2D eigenvalue weighted by atomic mass is 32.2. The molecule has 0 saturated carbocycles. The largest absolute Gasteiger partial charge is 0.337 e. The number of hydrogen-bond acceptors (Lipinski definition) is 3. The normalized spacial score (nSPS) is 24.5. The van der Waals surface area contributed by atoms with E-state index in [1.807, 2.05) is 60.7 Å². The van der Waals surface area contributed by atoms with Crippen LogP contribution in [0.25, 0.3) is 0 Å². The molecule has 2 bridgehead atoms. The first kappa shape index (κ1) is 15.4. The average Bonchev–Trinajstić information content (AvgIpc) is 3.13. The van der Waals surface area contributed by atoms with Crippen molar-refractivity contribution in [1.29, 1.82) is 0 Å². The van der Waals surface area contributed by atoms with Crippen molar-refractivity contribution in [2.75, 3.05) is 12.3 Å². The summed E-state index contributed by atoms with van der Waals surface area (Å²) in [7, 11) is -3.00.